The van der Waals surface area contributed by atoms with E-state index in [0.29, 0.717) is 13.1 Å². The van der Waals surface area contributed by atoms with Crippen molar-refractivity contribution in [3.8, 4) is 6.07 Å². The van der Waals surface area contributed by atoms with Gasteiger partial charge >= 0.3 is 5.97 Å². The van der Waals surface area contributed by atoms with Gasteiger partial charge < -0.3 is 9.64 Å². The molecule has 1 aromatic rings. The SMILES string of the molecule is CN(CCC#N)C(=O)COC(=O)c1ccc(S(=O)(=O)N2CCCC2)cc1. The van der Waals surface area contributed by atoms with Crippen LogP contribution in [0.5, 0.6) is 0 Å². The van der Waals surface area contributed by atoms with E-state index in [4.69, 9.17) is 10.00 Å². The highest BCUT2D eigenvalue weighted by Gasteiger charge is 2.27. The zero-order valence-electron chi connectivity index (χ0n) is 14.6. The van der Waals surface area contributed by atoms with Crippen LogP contribution in [0.4, 0.5) is 0 Å². The number of amides is 1. The molecule has 0 unspecified atom stereocenters. The number of carbonyl (C=O) groups is 2. The zero-order chi connectivity index (χ0) is 19.2. The molecule has 0 N–H and O–H groups in total. The first kappa shape index (κ1) is 19.9. The van der Waals surface area contributed by atoms with Gasteiger partial charge in [0.25, 0.3) is 5.91 Å². The number of esters is 1. The topological polar surface area (TPSA) is 108 Å². The van der Waals surface area contributed by atoms with Crippen LogP contribution in [0.1, 0.15) is 29.6 Å². The molecule has 1 saturated heterocycles. The van der Waals surface area contributed by atoms with Gasteiger partial charge in [0.2, 0.25) is 10.0 Å². The number of hydrogen-bond donors (Lipinski definition) is 0. The Hall–Kier alpha value is -2.44. The van der Waals surface area contributed by atoms with Crippen LogP contribution in [0.25, 0.3) is 0 Å². The molecule has 1 aliphatic rings. The van der Waals surface area contributed by atoms with Crippen LogP contribution in [0.2, 0.25) is 0 Å². The van der Waals surface area contributed by atoms with Gasteiger partial charge in [0.05, 0.1) is 22.9 Å². The molecule has 1 aromatic carbocycles. The van der Waals surface area contributed by atoms with E-state index in [1.54, 1.807) is 0 Å². The first-order valence-corrected chi connectivity index (χ1v) is 9.68. The van der Waals surface area contributed by atoms with E-state index in [9.17, 15) is 18.0 Å². The molecule has 140 valence electrons. The lowest BCUT2D eigenvalue weighted by Crippen LogP contribution is -2.32. The Balaban J connectivity index is 1.94. The van der Waals surface area contributed by atoms with Gasteiger partial charge in [-0.2, -0.15) is 9.57 Å². The molecule has 1 aliphatic heterocycles. The second kappa shape index (κ2) is 8.78. The molecule has 8 nitrogen and oxygen atoms in total. The van der Waals surface area contributed by atoms with E-state index >= 15 is 0 Å². The van der Waals surface area contributed by atoms with E-state index in [0.717, 1.165) is 12.8 Å². The fourth-order valence-electron chi connectivity index (χ4n) is 2.50. The van der Waals surface area contributed by atoms with E-state index in [1.165, 1.54) is 40.5 Å². The lowest BCUT2D eigenvalue weighted by Gasteiger charge is -2.16. The molecule has 0 aliphatic carbocycles. The molecule has 0 atom stereocenters. The van der Waals surface area contributed by atoms with Crippen molar-refractivity contribution in [2.24, 2.45) is 0 Å². The molecular weight excluding hydrogens is 358 g/mol. The summed E-state index contributed by atoms with van der Waals surface area (Å²) in [6.07, 6.45) is 1.89. The summed E-state index contributed by atoms with van der Waals surface area (Å²) in [7, 11) is -2.01. The van der Waals surface area contributed by atoms with Crippen molar-refractivity contribution in [3.05, 3.63) is 29.8 Å². The van der Waals surface area contributed by atoms with Crippen molar-refractivity contribution in [3.63, 3.8) is 0 Å². The summed E-state index contributed by atoms with van der Waals surface area (Å²) >= 11 is 0. The second-order valence-corrected chi connectivity index (χ2v) is 7.87. The fraction of sp³-hybridized carbons (Fsp3) is 0.471. The maximum absolute atomic E-state index is 12.4. The number of benzene rings is 1. The van der Waals surface area contributed by atoms with Crippen molar-refractivity contribution < 1.29 is 22.7 Å². The molecule has 0 radical (unpaired) electrons. The molecule has 0 spiro atoms. The van der Waals surface area contributed by atoms with Crippen LogP contribution in [-0.2, 0) is 19.6 Å². The highest BCUT2D eigenvalue weighted by molar-refractivity contribution is 7.89. The highest BCUT2D eigenvalue weighted by Crippen LogP contribution is 2.21. The van der Waals surface area contributed by atoms with Crippen molar-refractivity contribution >= 4 is 21.9 Å². The van der Waals surface area contributed by atoms with Crippen molar-refractivity contribution in [2.75, 3.05) is 33.3 Å². The van der Waals surface area contributed by atoms with E-state index < -0.39 is 28.5 Å². The van der Waals surface area contributed by atoms with Crippen LogP contribution in [0.3, 0.4) is 0 Å². The number of hydrogen-bond acceptors (Lipinski definition) is 6. The predicted molar refractivity (Wildman–Crippen MR) is 92.6 cm³/mol. The summed E-state index contributed by atoms with van der Waals surface area (Å²) < 4.78 is 31.2. The molecule has 26 heavy (non-hydrogen) atoms. The predicted octanol–water partition coefficient (Wildman–Crippen LogP) is 1.000. The van der Waals surface area contributed by atoms with Crippen molar-refractivity contribution in [1.82, 2.24) is 9.21 Å². The Morgan fingerprint density at radius 2 is 1.85 bits per heavy atom. The number of rotatable bonds is 7. The number of nitrogens with zero attached hydrogens (tertiary/aromatic N) is 3. The summed E-state index contributed by atoms with van der Waals surface area (Å²) in [5.41, 5.74) is 0.165. The normalized spacial score (nSPS) is 14.6. The molecule has 1 heterocycles. The maximum Gasteiger partial charge on any atom is 0.338 e. The molecule has 0 aromatic heterocycles. The number of ether oxygens (including phenoxy) is 1. The second-order valence-electron chi connectivity index (χ2n) is 5.94. The first-order chi connectivity index (χ1) is 12.4. The Morgan fingerprint density at radius 3 is 2.42 bits per heavy atom. The third kappa shape index (κ3) is 4.80. The summed E-state index contributed by atoms with van der Waals surface area (Å²) in [5.74, 6) is -1.13. The van der Waals surface area contributed by atoms with Gasteiger partial charge in [0.1, 0.15) is 0 Å². The Kier molecular flexibility index (Phi) is 6.71. The minimum absolute atomic E-state index is 0.128. The van der Waals surface area contributed by atoms with Crippen LogP contribution >= 0.6 is 0 Å². The number of sulfonamides is 1. The van der Waals surface area contributed by atoms with Crippen LogP contribution < -0.4 is 0 Å². The van der Waals surface area contributed by atoms with Crippen LogP contribution in [-0.4, -0.2) is 62.8 Å². The van der Waals surface area contributed by atoms with Gasteiger partial charge in [0, 0.05) is 26.7 Å². The average Bonchev–Trinajstić information content (AvgIpc) is 3.19. The van der Waals surface area contributed by atoms with E-state index in [1.807, 2.05) is 6.07 Å². The lowest BCUT2D eigenvalue weighted by atomic mass is 10.2. The van der Waals surface area contributed by atoms with E-state index in [-0.39, 0.29) is 23.4 Å². The van der Waals surface area contributed by atoms with Crippen LogP contribution in [0.15, 0.2) is 29.2 Å². The van der Waals surface area contributed by atoms with Crippen molar-refractivity contribution in [1.29, 1.82) is 5.26 Å². The summed E-state index contributed by atoms with van der Waals surface area (Å²) in [5, 5.41) is 8.49. The Labute approximate surface area is 153 Å². The van der Waals surface area contributed by atoms with Crippen LogP contribution in [0, 0.1) is 11.3 Å². The summed E-state index contributed by atoms with van der Waals surface area (Å²) in [4.78, 5) is 25.2. The van der Waals surface area contributed by atoms with Gasteiger partial charge in [-0.1, -0.05) is 0 Å². The van der Waals surface area contributed by atoms with E-state index in [2.05, 4.69) is 0 Å². The Morgan fingerprint density at radius 1 is 1.23 bits per heavy atom. The highest BCUT2D eigenvalue weighted by atomic mass is 32.2. The summed E-state index contributed by atoms with van der Waals surface area (Å²) in [6, 6.07) is 7.40. The number of carbonyl (C=O) groups excluding carboxylic acids is 2. The zero-order valence-corrected chi connectivity index (χ0v) is 15.4. The first-order valence-electron chi connectivity index (χ1n) is 8.24. The third-order valence-electron chi connectivity index (χ3n) is 4.10. The smallest absolute Gasteiger partial charge is 0.338 e. The molecule has 2 rings (SSSR count). The monoisotopic (exact) mass is 379 g/mol. The minimum Gasteiger partial charge on any atom is -0.452 e. The third-order valence-corrected chi connectivity index (χ3v) is 6.02. The van der Waals surface area contributed by atoms with Gasteiger partial charge in [0.15, 0.2) is 6.61 Å². The summed E-state index contributed by atoms with van der Waals surface area (Å²) in [6.45, 7) is 0.839. The fourth-order valence-corrected chi connectivity index (χ4v) is 4.02. The number of nitriles is 1. The van der Waals surface area contributed by atoms with Gasteiger partial charge in [-0.3, -0.25) is 4.79 Å². The number of likely N-dealkylation sites (N-methyl/N-ethyl adjacent to an activating group) is 1. The lowest BCUT2D eigenvalue weighted by molar-refractivity contribution is -0.133. The Bertz CT molecular complexity index is 793. The average molecular weight is 379 g/mol. The largest absolute Gasteiger partial charge is 0.452 e. The minimum atomic E-state index is -3.53. The van der Waals surface area contributed by atoms with Crippen molar-refractivity contribution in [2.45, 2.75) is 24.2 Å². The maximum atomic E-state index is 12.4. The molecular formula is C17H21N3O5S. The standard InChI is InChI=1S/C17H21N3O5S/c1-19(10-4-9-18)16(21)13-25-17(22)14-5-7-15(8-6-14)26(23,24)20-11-2-3-12-20/h5-8H,2-4,10-13H2,1H3. The molecule has 1 fully saturated rings. The quantitative estimate of drug-likeness (QED) is 0.654. The molecule has 0 bridgehead atoms. The van der Waals surface area contributed by atoms with Gasteiger partial charge in [-0.25, -0.2) is 13.2 Å². The van der Waals surface area contributed by atoms with Gasteiger partial charge in [-0.05, 0) is 37.1 Å². The molecule has 1 amide bonds. The molecule has 0 saturated carbocycles. The molecule has 9 heteroatoms. The van der Waals surface area contributed by atoms with Gasteiger partial charge in [-0.15, -0.1) is 0 Å².